The Balaban J connectivity index is 0.00000616. The molecular weight excluding hydrogens is 574 g/mol. The Labute approximate surface area is 260 Å². The van der Waals surface area contributed by atoms with E-state index in [0.717, 1.165) is 60.2 Å². The van der Waals surface area contributed by atoms with Crippen molar-refractivity contribution >= 4 is 41.5 Å². The first-order chi connectivity index (χ1) is 19.5. The summed E-state index contributed by atoms with van der Waals surface area (Å²) >= 11 is 1.59. The number of nitrogens with zero attached hydrogens (tertiary/aromatic N) is 2. The van der Waals surface area contributed by atoms with Gasteiger partial charge in [0.15, 0.2) is 0 Å². The quantitative estimate of drug-likeness (QED) is 0.232. The molecule has 0 saturated carbocycles. The van der Waals surface area contributed by atoms with Crippen LogP contribution in [0, 0.1) is 12.3 Å². The number of carbonyl (C=O) groups excluding carboxylic acids is 3. The molecule has 1 aromatic heterocycles. The molecule has 2 heterocycles. The Morgan fingerprint density at radius 1 is 1.10 bits per heavy atom. The number of unbranched alkanes of at least 4 members (excludes halogenated alkanes) is 5. The van der Waals surface area contributed by atoms with E-state index in [2.05, 4.69) is 15.6 Å². The van der Waals surface area contributed by atoms with Crippen LogP contribution in [0.1, 0.15) is 83.4 Å². The maximum absolute atomic E-state index is 13.7. The van der Waals surface area contributed by atoms with Gasteiger partial charge >= 0.3 is 0 Å². The SMILES string of the molecule is Cc1ncsc1-c1ccc(CNC(=O)[C@@H]2C[C@@H](O)CN2C(=O)[C@@H](NC(=O)CCCCCCCCN)C(C)(C)C)cc1.Cl. The number of aromatic nitrogens is 1. The Morgan fingerprint density at radius 3 is 2.33 bits per heavy atom. The fourth-order valence-corrected chi connectivity index (χ4v) is 5.96. The van der Waals surface area contributed by atoms with Crippen molar-refractivity contribution in [2.45, 2.75) is 104 Å². The van der Waals surface area contributed by atoms with Gasteiger partial charge in [0.05, 0.1) is 22.2 Å². The zero-order chi connectivity index (χ0) is 30.0. The molecule has 9 nitrogen and oxygen atoms in total. The van der Waals surface area contributed by atoms with Crippen LogP contribution in [0.25, 0.3) is 10.4 Å². The summed E-state index contributed by atoms with van der Waals surface area (Å²) in [6.45, 7) is 8.74. The lowest BCUT2D eigenvalue weighted by atomic mass is 9.85. The predicted octanol–water partition coefficient (Wildman–Crippen LogP) is 4.34. The third-order valence-corrected chi connectivity index (χ3v) is 8.55. The van der Waals surface area contributed by atoms with Crippen molar-refractivity contribution in [3.8, 4) is 10.4 Å². The molecular formula is C31H48ClN5O4S. The fraction of sp³-hybridized carbons (Fsp3) is 0.613. The maximum Gasteiger partial charge on any atom is 0.246 e. The van der Waals surface area contributed by atoms with Crippen molar-refractivity contribution in [3.05, 3.63) is 41.0 Å². The van der Waals surface area contributed by atoms with Gasteiger partial charge in [0, 0.05) is 25.9 Å². The van der Waals surface area contributed by atoms with Crippen LogP contribution in [0.5, 0.6) is 0 Å². The molecule has 3 rings (SSSR count). The molecule has 1 saturated heterocycles. The number of aryl methyl sites for hydroxylation is 1. The van der Waals surface area contributed by atoms with Gasteiger partial charge in [0.25, 0.3) is 0 Å². The predicted molar refractivity (Wildman–Crippen MR) is 170 cm³/mol. The maximum atomic E-state index is 13.7. The number of hydrogen-bond acceptors (Lipinski definition) is 7. The lowest BCUT2D eigenvalue weighted by molar-refractivity contribution is -0.144. The van der Waals surface area contributed by atoms with Gasteiger partial charge in [-0.2, -0.15) is 0 Å². The Kier molecular flexibility index (Phi) is 14.4. The monoisotopic (exact) mass is 621 g/mol. The van der Waals surface area contributed by atoms with Crippen LogP contribution in [0.3, 0.4) is 0 Å². The smallest absolute Gasteiger partial charge is 0.246 e. The molecule has 0 radical (unpaired) electrons. The number of aliphatic hydroxyl groups excluding tert-OH is 1. The first-order valence-corrected chi connectivity index (χ1v) is 15.6. The van der Waals surface area contributed by atoms with Crippen LogP contribution >= 0.6 is 23.7 Å². The standard InChI is InChI=1S/C31H47N5O4S.ClH/c1-21-27(41-20-34-21)23-14-12-22(13-15-23)18-33-29(39)25-17-24(37)19-36(25)30(40)28(31(2,3)4)35-26(38)11-9-7-5-6-8-10-16-32;/h12-15,20,24-25,28,37H,5-11,16-19,32H2,1-4H3,(H,33,39)(H,35,38);1H/t24-,25+,28-;/m1./s1. The van der Waals surface area contributed by atoms with Crippen LogP contribution in [-0.2, 0) is 20.9 Å². The molecule has 0 aliphatic carbocycles. The molecule has 1 aliphatic heterocycles. The highest BCUT2D eigenvalue weighted by Crippen LogP contribution is 2.28. The van der Waals surface area contributed by atoms with Gasteiger partial charge in [-0.25, -0.2) is 4.98 Å². The zero-order valence-corrected chi connectivity index (χ0v) is 27.0. The van der Waals surface area contributed by atoms with E-state index >= 15 is 0 Å². The van der Waals surface area contributed by atoms with Crippen molar-refractivity contribution in [1.82, 2.24) is 20.5 Å². The van der Waals surface area contributed by atoms with E-state index in [0.29, 0.717) is 19.5 Å². The number of halogens is 1. The van der Waals surface area contributed by atoms with Gasteiger partial charge in [-0.3, -0.25) is 14.4 Å². The molecule has 5 N–H and O–H groups in total. The van der Waals surface area contributed by atoms with Crippen LogP contribution < -0.4 is 16.4 Å². The number of aliphatic hydroxyl groups is 1. The fourth-order valence-electron chi connectivity index (χ4n) is 5.15. The minimum Gasteiger partial charge on any atom is -0.391 e. The summed E-state index contributed by atoms with van der Waals surface area (Å²) in [5.41, 5.74) is 9.78. The number of likely N-dealkylation sites (tertiary alicyclic amines) is 1. The first-order valence-electron chi connectivity index (χ1n) is 14.8. The molecule has 0 bridgehead atoms. The summed E-state index contributed by atoms with van der Waals surface area (Å²) < 4.78 is 0. The second-order valence-corrected chi connectivity index (χ2v) is 13.0. The molecule has 3 atom stereocenters. The molecule has 1 aromatic carbocycles. The van der Waals surface area contributed by atoms with Crippen molar-refractivity contribution in [3.63, 3.8) is 0 Å². The van der Waals surface area contributed by atoms with Gasteiger partial charge in [-0.05, 0) is 42.9 Å². The van der Waals surface area contributed by atoms with E-state index < -0.39 is 23.6 Å². The third-order valence-electron chi connectivity index (χ3n) is 7.57. The Bertz CT molecular complexity index is 1150. The van der Waals surface area contributed by atoms with E-state index in [-0.39, 0.29) is 43.1 Å². The molecule has 42 heavy (non-hydrogen) atoms. The molecule has 11 heteroatoms. The summed E-state index contributed by atoms with van der Waals surface area (Å²) in [7, 11) is 0. The highest BCUT2D eigenvalue weighted by atomic mass is 35.5. The normalized spacial score (nSPS) is 17.4. The zero-order valence-electron chi connectivity index (χ0n) is 25.4. The molecule has 0 spiro atoms. The number of rotatable bonds is 14. The third kappa shape index (κ3) is 10.3. The number of β-amino-alcohol motifs (C(OH)–C–C–N with tert-alkyl or cyclic N) is 1. The lowest BCUT2D eigenvalue weighted by Gasteiger charge is -2.35. The van der Waals surface area contributed by atoms with Gasteiger partial charge in [-0.1, -0.05) is 70.7 Å². The number of amides is 3. The van der Waals surface area contributed by atoms with Crippen LogP contribution in [0.2, 0.25) is 0 Å². The van der Waals surface area contributed by atoms with Gasteiger partial charge in [-0.15, -0.1) is 23.7 Å². The van der Waals surface area contributed by atoms with E-state index in [1.54, 1.807) is 11.3 Å². The number of nitrogens with one attached hydrogen (secondary N) is 2. The average Bonchev–Trinajstić information content (AvgIpc) is 3.54. The van der Waals surface area contributed by atoms with Crippen molar-refractivity contribution in [2.24, 2.45) is 11.1 Å². The van der Waals surface area contributed by atoms with Crippen LogP contribution in [0.15, 0.2) is 29.8 Å². The van der Waals surface area contributed by atoms with Crippen LogP contribution in [-0.4, -0.2) is 64.0 Å². The minimum absolute atomic E-state index is 0. The first kappa shape index (κ1) is 35.7. The van der Waals surface area contributed by atoms with Crippen molar-refractivity contribution < 1.29 is 19.5 Å². The molecule has 0 unspecified atom stereocenters. The second-order valence-electron chi connectivity index (χ2n) is 12.1. The summed E-state index contributed by atoms with van der Waals surface area (Å²) in [5.74, 6) is -0.822. The Morgan fingerprint density at radius 2 is 1.74 bits per heavy atom. The average molecular weight is 622 g/mol. The largest absolute Gasteiger partial charge is 0.391 e. The second kappa shape index (κ2) is 16.9. The number of benzene rings is 1. The van der Waals surface area contributed by atoms with E-state index in [1.807, 2.05) is 57.5 Å². The van der Waals surface area contributed by atoms with E-state index in [1.165, 1.54) is 4.90 Å². The summed E-state index contributed by atoms with van der Waals surface area (Å²) in [6.07, 6.45) is 5.75. The number of thiazole rings is 1. The molecule has 3 amide bonds. The molecule has 1 fully saturated rings. The van der Waals surface area contributed by atoms with Gasteiger partial charge < -0.3 is 26.4 Å². The summed E-state index contributed by atoms with van der Waals surface area (Å²) in [4.78, 5) is 46.6. The van der Waals surface area contributed by atoms with Crippen LogP contribution in [0.4, 0.5) is 0 Å². The van der Waals surface area contributed by atoms with E-state index in [4.69, 9.17) is 5.73 Å². The summed E-state index contributed by atoms with van der Waals surface area (Å²) in [5, 5.41) is 16.3. The minimum atomic E-state index is -0.803. The molecule has 2 aromatic rings. The van der Waals surface area contributed by atoms with Crippen molar-refractivity contribution in [2.75, 3.05) is 13.1 Å². The van der Waals surface area contributed by atoms with Crippen molar-refractivity contribution in [1.29, 1.82) is 0 Å². The van der Waals surface area contributed by atoms with Gasteiger partial charge in [0.2, 0.25) is 17.7 Å². The number of nitrogens with two attached hydrogens (primary N) is 1. The van der Waals surface area contributed by atoms with Gasteiger partial charge in [0.1, 0.15) is 12.1 Å². The topological polar surface area (TPSA) is 138 Å². The number of hydrogen-bond donors (Lipinski definition) is 4. The molecule has 1 aliphatic rings. The Hall–Kier alpha value is -2.53. The summed E-state index contributed by atoms with van der Waals surface area (Å²) in [6, 6.07) is 6.35. The number of carbonyl (C=O) groups is 3. The molecule has 234 valence electrons. The highest BCUT2D eigenvalue weighted by Gasteiger charge is 2.44. The van der Waals surface area contributed by atoms with E-state index in [9.17, 15) is 19.5 Å². The lowest BCUT2D eigenvalue weighted by Crippen LogP contribution is -2.57. The highest BCUT2D eigenvalue weighted by molar-refractivity contribution is 7.13.